The average Bonchev–Trinajstić information content (AvgIpc) is 2.72. The first kappa shape index (κ1) is 15.1. The molecule has 1 unspecified atom stereocenters. The van der Waals surface area contributed by atoms with Crippen LogP contribution in [-0.4, -0.2) is 30.1 Å². The van der Waals surface area contributed by atoms with Gasteiger partial charge in [-0.05, 0) is 31.1 Å². The first-order valence-corrected chi connectivity index (χ1v) is 7.94. The molecule has 0 aliphatic carbocycles. The highest BCUT2D eigenvalue weighted by Gasteiger charge is 2.20. The molecule has 2 rings (SSSR count). The third kappa shape index (κ3) is 3.62. The molecule has 0 saturated carbocycles. The molecule has 1 aliphatic heterocycles. The second-order valence-electron chi connectivity index (χ2n) is 6.05. The number of nitrogens with one attached hydrogen (secondary N) is 1. The molecule has 0 radical (unpaired) electrons. The van der Waals surface area contributed by atoms with Gasteiger partial charge >= 0.3 is 0 Å². The predicted octanol–water partition coefficient (Wildman–Crippen LogP) is 3.34. The molecule has 1 N–H and O–H groups in total. The van der Waals surface area contributed by atoms with Gasteiger partial charge in [0.25, 0.3) is 0 Å². The molecule has 4 nitrogen and oxygen atoms in total. The van der Waals surface area contributed by atoms with E-state index in [1.807, 2.05) is 7.05 Å². The fourth-order valence-electron chi connectivity index (χ4n) is 2.95. The topological polar surface area (TPSA) is 41.1 Å². The van der Waals surface area contributed by atoms with Gasteiger partial charge < -0.3 is 10.2 Å². The summed E-state index contributed by atoms with van der Waals surface area (Å²) < 4.78 is 0. The zero-order chi connectivity index (χ0) is 14.5. The number of hydrogen-bond acceptors (Lipinski definition) is 4. The predicted molar refractivity (Wildman–Crippen MR) is 85.3 cm³/mol. The standard InChI is InChI=1S/C16H28N4/c1-5-14-18-15(17-4)11-16(19-14)20-9-6-7-13(8-10-20)12(2)3/h11-13H,5-10H2,1-4H3,(H,17,18,19). The minimum Gasteiger partial charge on any atom is -0.373 e. The molecule has 0 amide bonds. The molecule has 0 bridgehead atoms. The quantitative estimate of drug-likeness (QED) is 0.915. The monoisotopic (exact) mass is 276 g/mol. The molecule has 0 aromatic carbocycles. The zero-order valence-corrected chi connectivity index (χ0v) is 13.3. The van der Waals surface area contributed by atoms with Crippen molar-refractivity contribution in [2.45, 2.75) is 46.5 Å². The second-order valence-corrected chi connectivity index (χ2v) is 6.05. The number of hydrogen-bond donors (Lipinski definition) is 1. The Morgan fingerprint density at radius 3 is 2.75 bits per heavy atom. The Kier molecular flexibility index (Phi) is 5.21. The minimum absolute atomic E-state index is 0.791. The van der Waals surface area contributed by atoms with E-state index in [4.69, 9.17) is 4.98 Å². The third-order valence-electron chi connectivity index (χ3n) is 4.37. The van der Waals surface area contributed by atoms with Crippen LogP contribution in [-0.2, 0) is 6.42 Å². The Hall–Kier alpha value is -1.32. The molecule has 1 fully saturated rings. The molecule has 1 saturated heterocycles. The van der Waals surface area contributed by atoms with E-state index in [-0.39, 0.29) is 0 Å². The van der Waals surface area contributed by atoms with Crippen molar-refractivity contribution in [1.29, 1.82) is 0 Å². The lowest BCUT2D eigenvalue weighted by Crippen LogP contribution is -2.26. The lowest BCUT2D eigenvalue weighted by molar-refractivity contribution is 0.351. The van der Waals surface area contributed by atoms with Gasteiger partial charge in [-0.3, -0.25) is 0 Å². The molecule has 112 valence electrons. The van der Waals surface area contributed by atoms with Gasteiger partial charge in [0.15, 0.2) is 0 Å². The number of aromatic nitrogens is 2. The normalized spacial score (nSPS) is 20.1. The van der Waals surface area contributed by atoms with Gasteiger partial charge in [0.1, 0.15) is 17.5 Å². The van der Waals surface area contributed by atoms with Crippen molar-refractivity contribution in [2.24, 2.45) is 11.8 Å². The Morgan fingerprint density at radius 1 is 1.30 bits per heavy atom. The van der Waals surface area contributed by atoms with Crippen LogP contribution in [0.25, 0.3) is 0 Å². The zero-order valence-electron chi connectivity index (χ0n) is 13.3. The summed E-state index contributed by atoms with van der Waals surface area (Å²) in [6, 6.07) is 2.08. The molecule has 20 heavy (non-hydrogen) atoms. The van der Waals surface area contributed by atoms with Crippen LogP contribution in [0.3, 0.4) is 0 Å². The van der Waals surface area contributed by atoms with E-state index >= 15 is 0 Å². The minimum atomic E-state index is 0.791. The Morgan fingerprint density at radius 2 is 2.10 bits per heavy atom. The van der Waals surface area contributed by atoms with E-state index in [0.29, 0.717) is 0 Å². The van der Waals surface area contributed by atoms with Crippen molar-refractivity contribution in [3.63, 3.8) is 0 Å². The summed E-state index contributed by atoms with van der Waals surface area (Å²) in [5, 5.41) is 3.15. The van der Waals surface area contributed by atoms with E-state index in [1.54, 1.807) is 0 Å². The summed E-state index contributed by atoms with van der Waals surface area (Å²) >= 11 is 0. The van der Waals surface area contributed by atoms with Crippen molar-refractivity contribution < 1.29 is 0 Å². The highest BCUT2D eigenvalue weighted by molar-refractivity contribution is 5.49. The van der Waals surface area contributed by atoms with Crippen molar-refractivity contribution >= 4 is 11.6 Å². The van der Waals surface area contributed by atoms with Gasteiger partial charge in [-0.1, -0.05) is 20.8 Å². The van der Waals surface area contributed by atoms with E-state index in [9.17, 15) is 0 Å². The van der Waals surface area contributed by atoms with E-state index in [1.165, 1.54) is 19.3 Å². The Bertz CT molecular complexity index is 408. The molecule has 1 aromatic heterocycles. The highest BCUT2D eigenvalue weighted by atomic mass is 15.2. The van der Waals surface area contributed by atoms with Crippen molar-refractivity contribution in [2.75, 3.05) is 30.4 Å². The van der Waals surface area contributed by atoms with Gasteiger partial charge in [0.05, 0.1) is 0 Å². The summed E-state index contributed by atoms with van der Waals surface area (Å²) in [4.78, 5) is 11.6. The average molecular weight is 276 g/mol. The summed E-state index contributed by atoms with van der Waals surface area (Å²) in [6.07, 6.45) is 4.77. The SMILES string of the molecule is CCc1nc(NC)cc(N2CCCC(C(C)C)CC2)n1. The molecular weight excluding hydrogens is 248 g/mol. The number of aryl methyl sites for hydroxylation is 1. The molecule has 4 heteroatoms. The van der Waals surface area contributed by atoms with Crippen molar-refractivity contribution in [3.8, 4) is 0 Å². The molecule has 1 aliphatic rings. The molecular formula is C16H28N4. The van der Waals surface area contributed by atoms with Gasteiger partial charge in [-0.2, -0.15) is 0 Å². The van der Waals surface area contributed by atoms with Crippen LogP contribution in [0.4, 0.5) is 11.6 Å². The van der Waals surface area contributed by atoms with Gasteiger partial charge in [-0.15, -0.1) is 0 Å². The number of anilines is 2. The van der Waals surface area contributed by atoms with Crippen LogP contribution in [0, 0.1) is 11.8 Å². The second kappa shape index (κ2) is 6.91. The summed E-state index contributed by atoms with van der Waals surface area (Å²) in [5.41, 5.74) is 0. The lowest BCUT2D eigenvalue weighted by atomic mass is 9.89. The Balaban J connectivity index is 2.14. The maximum atomic E-state index is 4.71. The van der Waals surface area contributed by atoms with Crippen LogP contribution in [0.2, 0.25) is 0 Å². The first-order chi connectivity index (χ1) is 9.63. The van der Waals surface area contributed by atoms with Crippen molar-refractivity contribution in [3.05, 3.63) is 11.9 Å². The Labute approximate surface area is 123 Å². The summed E-state index contributed by atoms with van der Waals surface area (Å²) in [7, 11) is 1.92. The van der Waals surface area contributed by atoms with Gasteiger partial charge in [0.2, 0.25) is 0 Å². The van der Waals surface area contributed by atoms with E-state index in [2.05, 4.69) is 42.0 Å². The third-order valence-corrected chi connectivity index (χ3v) is 4.37. The van der Waals surface area contributed by atoms with Crippen LogP contribution in [0.5, 0.6) is 0 Å². The maximum Gasteiger partial charge on any atom is 0.134 e. The van der Waals surface area contributed by atoms with E-state index in [0.717, 1.165) is 48.8 Å². The molecule has 1 atom stereocenters. The molecule has 1 aromatic rings. The molecule has 0 spiro atoms. The maximum absolute atomic E-state index is 4.71. The van der Waals surface area contributed by atoms with Crippen LogP contribution < -0.4 is 10.2 Å². The van der Waals surface area contributed by atoms with Gasteiger partial charge in [-0.25, -0.2) is 9.97 Å². The van der Waals surface area contributed by atoms with Crippen LogP contribution >= 0.6 is 0 Å². The largest absolute Gasteiger partial charge is 0.373 e. The summed E-state index contributed by atoms with van der Waals surface area (Å²) in [6.45, 7) is 9.03. The van der Waals surface area contributed by atoms with E-state index < -0.39 is 0 Å². The van der Waals surface area contributed by atoms with Gasteiger partial charge in [0, 0.05) is 32.6 Å². The highest BCUT2D eigenvalue weighted by Crippen LogP contribution is 2.27. The van der Waals surface area contributed by atoms with Crippen LogP contribution in [0.1, 0.15) is 45.9 Å². The smallest absolute Gasteiger partial charge is 0.134 e. The van der Waals surface area contributed by atoms with Crippen LogP contribution in [0.15, 0.2) is 6.07 Å². The number of nitrogens with zero attached hydrogens (tertiary/aromatic N) is 3. The fourth-order valence-corrected chi connectivity index (χ4v) is 2.95. The first-order valence-electron chi connectivity index (χ1n) is 7.94. The number of rotatable bonds is 4. The van der Waals surface area contributed by atoms with Crippen molar-refractivity contribution in [1.82, 2.24) is 9.97 Å². The lowest BCUT2D eigenvalue weighted by Gasteiger charge is -2.23. The molecule has 2 heterocycles. The fraction of sp³-hybridized carbons (Fsp3) is 0.750. The summed E-state index contributed by atoms with van der Waals surface area (Å²) in [5.74, 6) is 4.59.